The molecule has 0 saturated carbocycles. The zero-order valence-corrected chi connectivity index (χ0v) is 15.6. The fourth-order valence-electron chi connectivity index (χ4n) is 2.62. The lowest BCUT2D eigenvalue weighted by Crippen LogP contribution is -2.33. The van der Waals surface area contributed by atoms with Gasteiger partial charge < -0.3 is 15.5 Å². The largest absolute Gasteiger partial charge is 0.354 e. The summed E-state index contributed by atoms with van der Waals surface area (Å²) in [4.78, 5) is 29.7. The van der Waals surface area contributed by atoms with Gasteiger partial charge in [-0.25, -0.2) is 4.98 Å². The number of benzene rings is 1. The van der Waals surface area contributed by atoms with E-state index in [0.29, 0.717) is 5.69 Å². The summed E-state index contributed by atoms with van der Waals surface area (Å²) in [6, 6.07) is 11.0. The van der Waals surface area contributed by atoms with Crippen molar-refractivity contribution in [2.75, 3.05) is 23.7 Å². The standard InChI is InChI=1S/C20H26N4O2/c1-4-12-24(13-5-2)20(26)19-11-10-18(14-21-19)23-17-8-6-16(7-9-17)22-15(3)25/h6-11,14,23H,4-5,12-13H2,1-3H3,(H,22,25). The number of rotatable bonds is 8. The molecule has 2 N–H and O–H groups in total. The third-order valence-corrected chi connectivity index (χ3v) is 3.75. The van der Waals surface area contributed by atoms with Gasteiger partial charge in [-0.1, -0.05) is 13.8 Å². The molecule has 0 spiro atoms. The Labute approximate surface area is 154 Å². The molecule has 1 aromatic carbocycles. The second-order valence-corrected chi connectivity index (χ2v) is 6.11. The number of anilines is 3. The van der Waals surface area contributed by atoms with Crippen LogP contribution in [0.15, 0.2) is 42.6 Å². The Morgan fingerprint density at radius 3 is 2.00 bits per heavy atom. The molecule has 6 heteroatoms. The molecule has 2 rings (SSSR count). The molecule has 138 valence electrons. The fraction of sp³-hybridized carbons (Fsp3) is 0.350. The van der Waals surface area contributed by atoms with Gasteiger partial charge in [-0.3, -0.25) is 9.59 Å². The van der Waals surface area contributed by atoms with Crippen molar-refractivity contribution < 1.29 is 9.59 Å². The number of hydrogen-bond acceptors (Lipinski definition) is 4. The molecule has 6 nitrogen and oxygen atoms in total. The van der Waals surface area contributed by atoms with E-state index in [1.54, 1.807) is 12.3 Å². The van der Waals surface area contributed by atoms with Crippen molar-refractivity contribution >= 4 is 28.9 Å². The molecular formula is C20H26N4O2. The summed E-state index contributed by atoms with van der Waals surface area (Å²) < 4.78 is 0. The molecule has 2 aromatic rings. The van der Waals surface area contributed by atoms with Gasteiger partial charge in [0.1, 0.15) is 5.69 Å². The van der Waals surface area contributed by atoms with Gasteiger partial charge in [-0.2, -0.15) is 0 Å². The van der Waals surface area contributed by atoms with E-state index in [1.807, 2.05) is 35.2 Å². The van der Waals surface area contributed by atoms with E-state index >= 15 is 0 Å². The van der Waals surface area contributed by atoms with E-state index in [0.717, 1.165) is 43.0 Å². The van der Waals surface area contributed by atoms with Crippen molar-refractivity contribution in [3.63, 3.8) is 0 Å². The zero-order valence-electron chi connectivity index (χ0n) is 15.6. The molecule has 0 bridgehead atoms. The third kappa shape index (κ3) is 5.58. The lowest BCUT2D eigenvalue weighted by atomic mass is 10.2. The van der Waals surface area contributed by atoms with E-state index in [4.69, 9.17) is 0 Å². The molecule has 0 fully saturated rings. The molecule has 26 heavy (non-hydrogen) atoms. The number of amides is 2. The molecule has 0 unspecified atom stereocenters. The molecule has 0 radical (unpaired) electrons. The van der Waals surface area contributed by atoms with Crippen molar-refractivity contribution in [1.29, 1.82) is 0 Å². The van der Waals surface area contributed by atoms with Crippen LogP contribution in [0.1, 0.15) is 44.1 Å². The molecule has 0 aliphatic carbocycles. The maximum absolute atomic E-state index is 12.5. The van der Waals surface area contributed by atoms with Crippen LogP contribution in [0.2, 0.25) is 0 Å². The first kappa shape index (κ1) is 19.4. The van der Waals surface area contributed by atoms with Gasteiger partial charge in [-0.05, 0) is 49.2 Å². The highest BCUT2D eigenvalue weighted by molar-refractivity contribution is 5.92. The number of carbonyl (C=O) groups excluding carboxylic acids is 2. The molecule has 1 aromatic heterocycles. The topological polar surface area (TPSA) is 74.3 Å². The van der Waals surface area contributed by atoms with Gasteiger partial charge in [0.05, 0.1) is 11.9 Å². The van der Waals surface area contributed by atoms with E-state index in [2.05, 4.69) is 29.5 Å². The number of nitrogens with one attached hydrogen (secondary N) is 2. The number of hydrogen-bond donors (Lipinski definition) is 2. The SMILES string of the molecule is CCCN(CCC)C(=O)c1ccc(Nc2ccc(NC(C)=O)cc2)cn1. The average Bonchev–Trinajstić information content (AvgIpc) is 2.63. The monoisotopic (exact) mass is 354 g/mol. The van der Waals surface area contributed by atoms with Crippen LogP contribution >= 0.6 is 0 Å². The summed E-state index contributed by atoms with van der Waals surface area (Å²) in [5.41, 5.74) is 2.87. The summed E-state index contributed by atoms with van der Waals surface area (Å²) in [7, 11) is 0. The number of carbonyl (C=O) groups is 2. The van der Waals surface area contributed by atoms with Crippen LogP contribution in [-0.2, 0) is 4.79 Å². The Bertz CT molecular complexity index is 720. The lowest BCUT2D eigenvalue weighted by molar-refractivity contribution is -0.114. The van der Waals surface area contributed by atoms with Crippen molar-refractivity contribution in [3.05, 3.63) is 48.3 Å². The first-order chi connectivity index (χ1) is 12.5. The summed E-state index contributed by atoms with van der Waals surface area (Å²) >= 11 is 0. The predicted octanol–water partition coefficient (Wildman–Crippen LogP) is 4.05. The van der Waals surface area contributed by atoms with Gasteiger partial charge >= 0.3 is 0 Å². The molecule has 0 aliphatic rings. The van der Waals surface area contributed by atoms with Gasteiger partial charge in [-0.15, -0.1) is 0 Å². The highest BCUT2D eigenvalue weighted by atomic mass is 16.2. The minimum atomic E-state index is -0.102. The first-order valence-corrected chi connectivity index (χ1v) is 8.93. The Hall–Kier alpha value is -2.89. The van der Waals surface area contributed by atoms with Crippen LogP contribution in [0.25, 0.3) is 0 Å². The number of nitrogens with zero attached hydrogens (tertiary/aromatic N) is 2. The van der Waals surface area contributed by atoms with Crippen molar-refractivity contribution in [2.24, 2.45) is 0 Å². The van der Waals surface area contributed by atoms with Crippen molar-refractivity contribution in [2.45, 2.75) is 33.6 Å². The second-order valence-electron chi connectivity index (χ2n) is 6.11. The summed E-state index contributed by atoms with van der Waals surface area (Å²) in [5.74, 6) is -0.129. The van der Waals surface area contributed by atoms with Crippen molar-refractivity contribution in [3.8, 4) is 0 Å². The van der Waals surface area contributed by atoms with Crippen LogP contribution in [0.3, 0.4) is 0 Å². The fourth-order valence-corrected chi connectivity index (χ4v) is 2.62. The van der Waals surface area contributed by atoms with Crippen LogP contribution in [-0.4, -0.2) is 34.8 Å². The maximum Gasteiger partial charge on any atom is 0.272 e. The predicted molar refractivity (Wildman–Crippen MR) is 105 cm³/mol. The zero-order chi connectivity index (χ0) is 18.9. The first-order valence-electron chi connectivity index (χ1n) is 8.93. The Balaban J connectivity index is 2.02. The second kappa shape index (κ2) is 9.56. The molecule has 0 saturated heterocycles. The summed E-state index contributed by atoms with van der Waals surface area (Å²) in [6.07, 6.45) is 3.52. The molecule has 0 aliphatic heterocycles. The third-order valence-electron chi connectivity index (χ3n) is 3.75. The summed E-state index contributed by atoms with van der Waals surface area (Å²) in [6.45, 7) is 7.09. The molecular weight excluding hydrogens is 328 g/mol. The average molecular weight is 354 g/mol. The minimum absolute atomic E-state index is 0.0279. The van der Waals surface area contributed by atoms with Crippen LogP contribution in [0.4, 0.5) is 17.1 Å². The van der Waals surface area contributed by atoms with Crippen LogP contribution in [0, 0.1) is 0 Å². The van der Waals surface area contributed by atoms with Crippen molar-refractivity contribution in [1.82, 2.24) is 9.88 Å². The van der Waals surface area contributed by atoms with E-state index in [-0.39, 0.29) is 11.8 Å². The number of pyridine rings is 1. The normalized spacial score (nSPS) is 10.3. The Morgan fingerprint density at radius 2 is 1.50 bits per heavy atom. The maximum atomic E-state index is 12.5. The highest BCUT2D eigenvalue weighted by Gasteiger charge is 2.15. The quantitative estimate of drug-likeness (QED) is 0.750. The van der Waals surface area contributed by atoms with Gasteiger partial charge in [0.25, 0.3) is 5.91 Å². The van der Waals surface area contributed by atoms with E-state index in [1.165, 1.54) is 6.92 Å². The van der Waals surface area contributed by atoms with Gasteiger partial charge in [0.2, 0.25) is 5.91 Å². The highest BCUT2D eigenvalue weighted by Crippen LogP contribution is 2.19. The molecule has 2 amide bonds. The van der Waals surface area contributed by atoms with Crippen LogP contribution in [0.5, 0.6) is 0 Å². The van der Waals surface area contributed by atoms with Gasteiger partial charge in [0.15, 0.2) is 0 Å². The molecule has 0 atom stereocenters. The molecule has 1 heterocycles. The number of aromatic nitrogens is 1. The lowest BCUT2D eigenvalue weighted by Gasteiger charge is -2.21. The van der Waals surface area contributed by atoms with Crippen LogP contribution < -0.4 is 10.6 Å². The summed E-state index contributed by atoms with van der Waals surface area (Å²) in [5, 5.41) is 5.96. The van der Waals surface area contributed by atoms with Gasteiger partial charge in [0, 0.05) is 31.4 Å². The smallest absolute Gasteiger partial charge is 0.272 e. The Kier molecular flexibility index (Phi) is 7.14. The Morgan fingerprint density at radius 1 is 0.923 bits per heavy atom. The van der Waals surface area contributed by atoms with E-state index in [9.17, 15) is 9.59 Å². The van der Waals surface area contributed by atoms with E-state index < -0.39 is 0 Å². The minimum Gasteiger partial charge on any atom is -0.354 e.